The summed E-state index contributed by atoms with van der Waals surface area (Å²) in [6, 6.07) is 26.6. The lowest BCUT2D eigenvalue weighted by molar-refractivity contribution is 0.582. The smallest absolute Gasteiger partial charge is 0.238 e. The summed E-state index contributed by atoms with van der Waals surface area (Å²) in [5.41, 5.74) is 1.40. The van der Waals surface area contributed by atoms with Gasteiger partial charge in [0, 0.05) is 11.3 Å². The molecule has 5 nitrogen and oxygen atoms in total. The summed E-state index contributed by atoms with van der Waals surface area (Å²) < 4.78 is 32.1. The second-order valence-electron chi connectivity index (χ2n) is 5.83. The van der Waals surface area contributed by atoms with E-state index in [-0.39, 0.29) is 21.7 Å². The van der Waals surface area contributed by atoms with Gasteiger partial charge in [0.1, 0.15) is 0 Å². The summed E-state index contributed by atoms with van der Waals surface area (Å²) >= 11 is 0. The fraction of sp³-hybridized carbons (Fsp3) is 0. The number of benzene rings is 3. The van der Waals surface area contributed by atoms with Crippen LogP contribution in [-0.4, -0.2) is 13.4 Å². The van der Waals surface area contributed by atoms with Crippen LogP contribution in [-0.2, 0) is 9.84 Å². The van der Waals surface area contributed by atoms with Crippen molar-refractivity contribution in [2.24, 2.45) is 0 Å². The summed E-state index contributed by atoms with van der Waals surface area (Å²) in [7, 11) is -3.84. The molecule has 0 atom stereocenters. The Bertz CT molecular complexity index is 1140. The Labute approximate surface area is 157 Å². The number of nitrogens with zero attached hydrogens (tertiary/aromatic N) is 1. The highest BCUT2D eigenvalue weighted by atomic mass is 32.2. The van der Waals surface area contributed by atoms with E-state index >= 15 is 0 Å². The van der Waals surface area contributed by atoms with Gasteiger partial charge >= 0.3 is 0 Å². The zero-order valence-corrected chi connectivity index (χ0v) is 15.1. The highest BCUT2D eigenvalue weighted by Gasteiger charge is 2.28. The van der Waals surface area contributed by atoms with Crippen LogP contribution in [0.3, 0.4) is 0 Å². The highest BCUT2D eigenvalue weighted by Crippen LogP contribution is 2.33. The lowest BCUT2D eigenvalue weighted by Crippen LogP contribution is -2.05. The van der Waals surface area contributed by atoms with E-state index in [1.54, 1.807) is 30.3 Å². The van der Waals surface area contributed by atoms with Crippen LogP contribution in [0.15, 0.2) is 105 Å². The number of aromatic nitrogens is 1. The topological polar surface area (TPSA) is 72.2 Å². The van der Waals surface area contributed by atoms with E-state index in [2.05, 4.69) is 10.3 Å². The van der Waals surface area contributed by atoms with Crippen molar-refractivity contribution in [2.75, 3.05) is 5.32 Å². The molecule has 0 radical (unpaired) electrons. The van der Waals surface area contributed by atoms with Gasteiger partial charge in [-0.1, -0.05) is 54.6 Å². The maximum absolute atomic E-state index is 13.1. The SMILES string of the molecule is O=S(=O)(c1ccccc1)c1nc(-c2ccccc2)oc1Nc1ccccc1. The van der Waals surface area contributed by atoms with Gasteiger partial charge in [0.15, 0.2) is 0 Å². The number of rotatable bonds is 5. The van der Waals surface area contributed by atoms with Crippen molar-refractivity contribution in [2.45, 2.75) is 9.92 Å². The molecule has 1 aromatic heterocycles. The van der Waals surface area contributed by atoms with E-state index in [0.29, 0.717) is 11.3 Å². The number of sulfone groups is 1. The van der Waals surface area contributed by atoms with Crippen LogP contribution in [0.5, 0.6) is 0 Å². The minimum atomic E-state index is -3.84. The van der Waals surface area contributed by atoms with Crippen molar-refractivity contribution in [1.29, 1.82) is 0 Å². The Hall–Kier alpha value is -3.38. The molecule has 1 N–H and O–H groups in total. The standard InChI is InChI=1S/C21H16N2O3S/c24-27(25,18-14-8-3-9-15-18)21-20(22-17-12-6-2-7-13-17)26-19(23-21)16-10-4-1-5-11-16/h1-15,22H. The first-order valence-electron chi connectivity index (χ1n) is 8.33. The fourth-order valence-electron chi connectivity index (χ4n) is 2.64. The van der Waals surface area contributed by atoms with Gasteiger partial charge in [0.25, 0.3) is 0 Å². The summed E-state index contributed by atoms with van der Waals surface area (Å²) in [5.74, 6) is 0.326. The predicted molar refractivity (Wildman–Crippen MR) is 104 cm³/mol. The average Bonchev–Trinajstić information content (AvgIpc) is 3.15. The largest absolute Gasteiger partial charge is 0.419 e. The molecule has 0 amide bonds. The molecule has 0 aliphatic carbocycles. The zero-order valence-electron chi connectivity index (χ0n) is 14.2. The number of para-hydroxylation sites is 1. The van der Waals surface area contributed by atoms with Gasteiger partial charge in [0.2, 0.25) is 26.6 Å². The molecular formula is C21H16N2O3S. The Balaban J connectivity index is 1.85. The third-order valence-electron chi connectivity index (χ3n) is 3.96. The molecule has 0 fully saturated rings. The van der Waals surface area contributed by atoms with Crippen LogP contribution in [0.25, 0.3) is 11.5 Å². The molecule has 3 aromatic carbocycles. The lowest BCUT2D eigenvalue weighted by Gasteiger charge is -2.05. The van der Waals surface area contributed by atoms with Gasteiger partial charge in [-0.2, -0.15) is 4.98 Å². The number of oxazole rings is 1. The molecule has 6 heteroatoms. The fourth-order valence-corrected chi connectivity index (χ4v) is 3.91. The van der Waals surface area contributed by atoms with Crippen molar-refractivity contribution in [3.8, 4) is 11.5 Å². The van der Waals surface area contributed by atoms with Gasteiger partial charge in [0.05, 0.1) is 4.90 Å². The zero-order chi connectivity index (χ0) is 18.7. The number of hydrogen-bond acceptors (Lipinski definition) is 5. The molecule has 4 rings (SSSR count). The van der Waals surface area contributed by atoms with Crippen LogP contribution in [0.1, 0.15) is 0 Å². The molecule has 4 aromatic rings. The van der Waals surface area contributed by atoms with Crippen molar-refractivity contribution in [3.63, 3.8) is 0 Å². The van der Waals surface area contributed by atoms with Crippen molar-refractivity contribution >= 4 is 21.4 Å². The molecule has 27 heavy (non-hydrogen) atoms. The third kappa shape index (κ3) is 3.47. The quantitative estimate of drug-likeness (QED) is 0.535. The average molecular weight is 376 g/mol. The molecule has 0 unspecified atom stereocenters. The van der Waals surface area contributed by atoms with E-state index in [1.807, 2.05) is 60.7 Å². The Morgan fingerprint density at radius 1 is 0.741 bits per heavy atom. The van der Waals surface area contributed by atoms with Crippen molar-refractivity contribution < 1.29 is 12.8 Å². The predicted octanol–water partition coefficient (Wildman–Crippen LogP) is 4.92. The molecule has 0 aliphatic rings. The summed E-state index contributed by atoms with van der Waals surface area (Å²) in [6.45, 7) is 0. The maximum Gasteiger partial charge on any atom is 0.238 e. The number of nitrogens with one attached hydrogen (secondary N) is 1. The van der Waals surface area contributed by atoms with Gasteiger partial charge in [-0.25, -0.2) is 8.42 Å². The van der Waals surface area contributed by atoms with Crippen LogP contribution >= 0.6 is 0 Å². The lowest BCUT2D eigenvalue weighted by atomic mass is 10.2. The molecule has 0 bridgehead atoms. The monoisotopic (exact) mass is 376 g/mol. The van der Waals surface area contributed by atoms with Gasteiger partial charge in [-0.3, -0.25) is 0 Å². The first kappa shape index (κ1) is 17.1. The number of anilines is 2. The van der Waals surface area contributed by atoms with Crippen molar-refractivity contribution in [1.82, 2.24) is 4.98 Å². The normalized spacial score (nSPS) is 11.3. The molecule has 1 heterocycles. The maximum atomic E-state index is 13.1. The van der Waals surface area contributed by atoms with Crippen LogP contribution in [0.4, 0.5) is 11.6 Å². The molecule has 0 spiro atoms. The molecule has 134 valence electrons. The highest BCUT2D eigenvalue weighted by molar-refractivity contribution is 7.91. The van der Waals surface area contributed by atoms with E-state index < -0.39 is 9.84 Å². The Kier molecular flexibility index (Phi) is 4.48. The summed E-state index contributed by atoms with van der Waals surface area (Å²) in [6.07, 6.45) is 0. The van der Waals surface area contributed by atoms with Crippen molar-refractivity contribution in [3.05, 3.63) is 91.0 Å². The minimum absolute atomic E-state index is 0.0870. The van der Waals surface area contributed by atoms with Gasteiger partial charge in [-0.15, -0.1) is 0 Å². The van der Waals surface area contributed by atoms with Crippen LogP contribution < -0.4 is 5.32 Å². The second kappa shape index (κ2) is 7.09. The van der Waals surface area contributed by atoms with E-state index in [9.17, 15) is 8.42 Å². The first-order valence-corrected chi connectivity index (χ1v) is 9.81. The molecule has 0 saturated carbocycles. The number of hydrogen-bond donors (Lipinski definition) is 1. The van der Waals surface area contributed by atoms with E-state index in [4.69, 9.17) is 4.42 Å². The van der Waals surface area contributed by atoms with Gasteiger partial charge < -0.3 is 9.73 Å². The second-order valence-corrected chi connectivity index (χ2v) is 7.69. The minimum Gasteiger partial charge on any atom is -0.419 e. The molecule has 0 saturated heterocycles. The van der Waals surface area contributed by atoms with E-state index in [1.165, 1.54) is 0 Å². The first-order chi connectivity index (χ1) is 13.1. The Morgan fingerprint density at radius 3 is 1.93 bits per heavy atom. The van der Waals surface area contributed by atoms with E-state index in [0.717, 1.165) is 0 Å². The third-order valence-corrected chi connectivity index (χ3v) is 5.64. The van der Waals surface area contributed by atoms with Crippen LogP contribution in [0.2, 0.25) is 0 Å². The Morgan fingerprint density at radius 2 is 1.30 bits per heavy atom. The summed E-state index contributed by atoms with van der Waals surface area (Å²) in [4.78, 5) is 4.47. The van der Waals surface area contributed by atoms with Gasteiger partial charge in [-0.05, 0) is 36.4 Å². The summed E-state index contributed by atoms with van der Waals surface area (Å²) in [5, 5.41) is 2.89. The molecular weight excluding hydrogens is 360 g/mol. The molecule has 0 aliphatic heterocycles. The van der Waals surface area contributed by atoms with Crippen LogP contribution in [0, 0.1) is 0 Å².